The van der Waals surface area contributed by atoms with Gasteiger partial charge in [0.15, 0.2) is 0 Å². The van der Waals surface area contributed by atoms with E-state index in [0.29, 0.717) is 25.7 Å². The molecule has 1 fully saturated rings. The molecule has 0 spiro atoms. The Kier molecular flexibility index (Phi) is 3.66. The Morgan fingerprint density at radius 3 is 2.88 bits per heavy atom. The minimum absolute atomic E-state index is 0.233. The zero-order chi connectivity index (χ0) is 11.6. The van der Waals surface area contributed by atoms with Gasteiger partial charge in [-0.2, -0.15) is 4.31 Å². The molecule has 2 aliphatic rings. The third-order valence-corrected chi connectivity index (χ3v) is 4.88. The largest absolute Gasteiger partial charge is 0.313 e. The zero-order valence-corrected chi connectivity index (χ0v) is 10.6. The lowest BCUT2D eigenvalue weighted by atomic mass is 10.2. The number of nitrogens with one attached hydrogen (secondary N) is 1. The Bertz CT molecular complexity index is 371. The van der Waals surface area contributed by atoms with Gasteiger partial charge >= 0.3 is 0 Å². The van der Waals surface area contributed by atoms with Crippen LogP contribution >= 0.6 is 0 Å². The second kappa shape index (κ2) is 4.85. The lowest BCUT2D eigenvalue weighted by molar-refractivity contribution is 0.427. The molecule has 16 heavy (non-hydrogen) atoms. The van der Waals surface area contributed by atoms with Crippen molar-refractivity contribution in [2.24, 2.45) is 0 Å². The highest BCUT2D eigenvalue weighted by molar-refractivity contribution is 7.89. The Hall–Kier alpha value is -0.390. The second-order valence-corrected chi connectivity index (χ2v) is 6.81. The van der Waals surface area contributed by atoms with Crippen LogP contribution in [0.15, 0.2) is 11.6 Å². The molecule has 0 unspecified atom stereocenters. The fourth-order valence-corrected chi connectivity index (χ4v) is 3.34. The topological polar surface area (TPSA) is 49.4 Å². The highest BCUT2D eigenvalue weighted by atomic mass is 32.2. The van der Waals surface area contributed by atoms with Crippen LogP contribution in [0.5, 0.6) is 0 Å². The van der Waals surface area contributed by atoms with Gasteiger partial charge in [-0.1, -0.05) is 11.6 Å². The van der Waals surface area contributed by atoms with Gasteiger partial charge in [0, 0.05) is 25.7 Å². The summed E-state index contributed by atoms with van der Waals surface area (Å²) < 4.78 is 25.6. The molecular formula is C11H20N2O2S. The summed E-state index contributed by atoms with van der Waals surface area (Å²) >= 11 is 0. The first kappa shape index (κ1) is 12.1. The van der Waals surface area contributed by atoms with Crippen molar-refractivity contribution in [3.05, 3.63) is 11.6 Å². The van der Waals surface area contributed by atoms with Crippen molar-refractivity contribution in [2.45, 2.75) is 32.2 Å². The Balaban J connectivity index is 1.83. The maximum absolute atomic E-state index is 12.0. The van der Waals surface area contributed by atoms with E-state index in [4.69, 9.17) is 0 Å². The van der Waals surface area contributed by atoms with Gasteiger partial charge in [-0.15, -0.1) is 0 Å². The lowest BCUT2D eigenvalue weighted by Gasteiger charge is -2.25. The van der Waals surface area contributed by atoms with Gasteiger partial charge in [-0.25, -0.2) is 8.42 Å². The van der Waals surface area contributed by atoms with E-state index in [-0.39, 0.29) is 5.75 Å². The van der Waals surface area contributed by atoms with Gasteiger partial charge in [0.05, 0.1) is 5.75 Å². The molecule has 0 radical (unpaired) electrons. The third kappa shape index (κ3) is 3.30. The molecule has 1 N–H and O–H groups in total. The molecule has 0 aromatic rings. The van der Waals surface area contributed by atoms with Gasteiger partial charge in [-0.05, 0) is 26.2 Å². The fraction of sp³-hybridized carbons (Fsp3) is 0.818. The molecular weight excluding hydrogens is 224 g/mol. The van der Waals surface area contributed by atoms with E-state index in [9.17, 15) is 8.42 Å². The number of sulfonamides is 1. The van der Waals surface area contributed by atoms with Crippen LogP contribution in [0.2, 0.25) is 0 Å². The van der Waals surface area contributed by atoms with E-state index in [0.717, 1.165) is 12.0 Å². The van der Waals surface area contributed by atoms with Crippen molar-refractivity contribution in [2.75, 3.05) is 25.4 Å². The normalized spacial score (nSPS) is 23.2. The third-order valence-electron chi connectivity index (χ3n) is 3.06. The molecule has 1 heterocycles. The van der Waals surface area contributed by atoms with Crippen molar-refractivity contribution in [3.8, 4) is 0 Å². The van der Waals surface area contributed by atoms with Crippen LogP contribution in [-0.4, -0.2) is 44.2 Å². The van der Waals surface area contributed by atoms with Crippen molar-refractivity contribution >= 4 is 10.0 Å². The maximum atomic E-state index is 12.0. The summed E-state index contributed by atoms with van der Waals surface area (Å²) in [5.41, 5.74) is 1.16. The highest BCUT2D eigenvalue weighted by Crippen LogP contribution is 2.18. The van der Waals surface area contributed by atoms with Gasteiger partial charge in [-0.3, -0.25) is 0 Å². The van der Waals surface area contributed by atoms with E-state index >= 15 is 0 Å². The smallest absolute Gasteiger partial charge is 0.215 e. The summed E-state index contributed by atoms with van der Waals surface area (Å²) in [5, 5.41) is 3.24. The van der Waals surface area contributed by atoms with Crippen LogP contribution in [0.1, 0.15) is 26.2 Å². The second-order valence-electron chi connectivity index (χ2n) is 4.72. The highest BCUT2D eigenvalue weighted by Gasteiger charge is 2.25. The van der Waals surface area contributed by atoms with E-state index in [2.05, 4.69) is 11.4 Å². The maximum Gasteiger partial charge on any atom is 0.215 e. The molecule has 0 aromatic carbocycles. The van der Waals surface area contributed by atoms with Gasteiger partial charge in [0.2, 0.25) is 10.0 Å². The lowest BCUT2D eigenvalue weighted by Crippen LogP contribution is -2.39. The van der Waals surface area contributed by atoms with Crippen LogP contribution in [0.3, 0.4) is 0 Å². The van der Waals surface area contributed by atoms with Crippen LogP contribution in [-0.2, 0) is 10.0 Å². The molecule has 92 valence electrons. The summed E-state index contributed by atoms with van der Waals surface area (Å²) in [5.74, 6) is 0.233. The summed E-state index contributed by atoms with van der Waals surface area (Å²) in [6, 6.07) is 0.582. The average Bonchev–Trinajstić information content (AvgIpc) is 3.01. The summed E-state index contributed by atoms with van der Waals surface area (Å²) in [6.07, 6.45) is 5.37. The van der Waals surface area contributed by atoms with Crippen LogP contribution in [0.25, 0.3) is 0 Å². The number of hydrogen-bond acceptors (Lipinski definition) is 3. The Labute approximate surface area is 97.8 Å². The molecule has 5 heteroatoms. The molecule has 2 rings (SSSR count). The van der Waals surface area contributed by atoms with Gasteiger partial charge < -0.3 is 5.32 Å². The van der Waals surface area contributed by atoms with Crippen molar-refractivity contribution in [3.63, 3.8) is 0 Å². The molecule has 1 aliphatic heterocycles. The first-order valence-corrected chi connectivity index (χ1v) is 7.56. The predicted octanol–water partition coefficient (Wildman–Crippen LogP) is 0.720. The predicted molar refractivity (Wildman–Crippen MR) is 64.8 cm³/mol. The first-order chi connectivity index (χ1) is 7.58. The van der Waals surface area contributed by atoms with E-state index < -0.39 is 10.0 Å². The van der Waals surface area contributed by atoms with Gasteiger partial charge in [0.25, 0.3) is 0 Å². The molecule has 0 atom stereocenters. The fourth-order valence-electron chi connectivity index (χ4n) is 1.92. The van der Waals surface area contributed by atoms with Crippen LogP contribution in [0.4, 0.5) is 0 Å². The van der Waals surface area contributed by atoms with Gasteiger partial charge in [0.1, 0.15) is 0 Å². The van der Waals surface area contributed by atoms with Crippen molar-refractivity contribution in [1.82, 2.24) is 9.62 Å². The van der Waals surface area contributed by atoms with E-state index in [1.54, 1.807) is 4.31 Å². The average molecular weight is 244 g/mol. The summed E-state index contributed by atoms with van der Waals surface area (Å²) in [6.45, 7) is 3.80. The van der Waals surface area contributed by atoms with E-state index in [1.807, 2.05) is 6.92 Å². The molecule has 0 saturated heterocycles. The molecule has 1 aliphatic carbocycles. The number of hydrogen-bond donors (Lipinski definition) is 1. The van der Waals surface area contributed by atoms with Crippen molar-refractivity contribution in [1.29, 1.82) is 0 Å². The first-order valence-electron chi connectivity index (χ1n) is 5.95. The Morgan fingerprint density at radius 2 is 2.25 bits per heavy atom. The van der Waals surface area contributed by atoms with Crippen LogP contribution in [0, 0.1) is 0 Å². The SMILES string of the molecule is CC1=CCCN(S(=O)(=O)CCNC2CC2)C1. The molecule has 0 amide bonds. The number of rotatable bonds is 5. The monoisotopic (exact) mass is 244 g/mol. The molecule has 0 bridgehead atoms. The minimum Gasteiger partial charge on any atom is -0.313 e. The molecule has 0 aromatic heterocycles. The molecule has 1 saturated carbocycles. The van der Waals surface area contributed by atoms with Crippen molar-refractivity contribution < 1.29 is 8.42 Å². The standard InChI is InChI=1S/C11H20N2O2S/c1-10-3-2-7-13(9-10)16(14,15)8-6-12-11-4-5-11/h3,11-12H,2,4-9H2,1H3. The quantitative estimate of drug-likeness (QED) is 0.725. The summed E-state index contributed by atoms with van der Waals surface area (Å²) in [4.78, 5) is 0. The molecule has 4 nitrogen and oxygen atoms in total. The zero-order valence-electron chi connectivity index (χ0n) is 9.78. The Morgan fingerprint density at radius 1 is 1.50 bits per heavy atom. The van der Waals surface area contributed by atoms with E-state index in [1.165, 1.54) is 12.8 Å². The summed E-state index contributed by atoms with van der Waals surface area (Å²) in [7, 11) is -3.05. The van der Waals surface area contributed by atoms with Crippen LogP contribution < -0.4 is 5.32 Å². The minimum atomic E-state index is -3.05. The number of nitrogens with zero attached hydrogens (tertiary/aromatic N) is 1.